The summed E-state index contributed by atoms with van der Waals surface area (Å²) >= 11 is 6.25. The Morgan fingerprint density at radius 3 is 2.44 bits per heavy atom. The number of nitrogens with one attached hydrogen (secondary N) is 1. The number of benzene rings is 2. The van der Waals surface area contributed by atoms with Crippen LogP contribution in [0.15, 0.2) is 48.5 Å². The molecule has 6 heteroatoms. The van der Waals surface area contributed by atoms with E-state index < -0.39 is 17.6 Å². The highest BCUT2D eigenvalue weighted by molar-refractivity contribution is 6.31. The van der Waals surface area contributed by atoms with E-state index in [1.165, 1.54) is 18.2 Å². The van der Waals surface area contributed by atoms with Gasteiger partial charge in [0.05, 0.1) is 11.1 Å². The Hall–Kier alpha value is -2.01. The van der Waals surface area contributed by atoms with Crippen molar-refractivity contribution in [2.45, 2.75) is 37.4 Å². The van der Waals surface area contributed by atoms with Crippen LogP contribution >= 0.6 is 11.6 Å². The van der Waals surface area contributed by atoms with Crippen molar-refractivity contribution < 1.29 is 18.0 Å². The summed E-state index contributed by atoms with van der Waals surface area (Å²) in [5, 5.41) is 3.40. The second kappa shape index (κ2) is 7.08. The van der Waals surface area contributed by atoms with Crippen LogP contribution in [0, 0.1) is 0 Å². The molecule has 1 aliphatic rings. The highest BCUT2D eigenvalue weighted by Gasteiger charge is 2.36. The first-order valence-corrected chi connectivity index (χ1v) is 8.47. The molecule has 2 atom stereocenters. The number of carbonyl (C=O) groups is 1. The van der Waals surface area contributed by atoms with Gasteiger partial charge in [0.25, 0.3) is 5.91 Å². The second-order valence-corrected chi connectivity index (χ2v) is 6.59. The fourth-order valence-corrected chi connectivity index (χ4v) is 3.73. The summed E-state index contributed by atoms with van der Waals surface area (Å²) in [6, 6.07) is 12.0. The van der Waals surface area contributed by atoms with Gasteiger partial charge in [-0.05, 0) is 36.6 Å². The molecule has 2 aromatic rings. The summed E-state index contributed by atoms with van der Waals surface area (Å²) in [5.74, 6) is -0.687. The molecule has 0 aromatic heterocycles. The second-order valence-electron chi connectivity index (χ2n) is 6.18. The van der Waals surface area contributed by atoms with Crippen LogP contribution < -0.4 is 5.32 Å². The first-order chi connectivity index (χ1) is 11.9. The van der Waals surface area contributed by atoms with Crippen molar-refractivity contribution >= 4 is 17.5 Å². The van der Waals surface area contributed by atoms with E-state index >= 15 is 0 Å². The minimum absolute atomic E-state index is 0.00991. The summed E-state index contributed by atoms with van der Waals surface area (Å²) in [7, 11) is 0. The number of hydrogen-bond acceptors (Lipinski definition) is 1. The van der Waals surface area contributed by atoms with Crippen LogP contribution in [0.25, 0.3) is 0 Å². The van der Waals surface area contributed by atoms with E-state index in [1.54, 1.807) is 6.07 Å². The first-order valence-electron chi connectivity index (χ1n) is 8.09. The van der Waals surface area contributed by atoms with Gasteiger partial charge in [-0.2, -0.15) is 13.2 Å². The Morgan fingerprint density at radius 2 is 1.72 bits per heavy atom. The van der Waals surface area contributed by atoms with E-state index in [9.17, 15) is 18.0 Å². The fourth-order valence-electron chi connectivity index (χ4n) is 3.46. The Kier molecular flexibility index (Phi) is 5.04. The number of hydrogen-bond donors (Lipinski definition) is 1. The summed E-state index contributed by atoms with van der Waals surface area (Å²) < 4.78 is 39.4. The first kappa shape index (κ1) is 17.8. The van der Waals surface area contributed by atoms with Gasteiger partial charge >= 0.3 is 6.18 Å². The molecule has 0 heterocycles. The Labute approximate surface area is 149 Å². The van der Waals surface area contributed by atoms with Crippen LogP contribution in [0.1, 0.15) is 46.7 Å². The molecular weight excluding hydrogens is 351 g/mol. The van der Waals surface area contributed by atoms with E-state index in [4.69, 9.17) is 11.6 Å². The maximum atomic E-state index is 13.1. The lowest BCUT2D eigenvalue weighted by atomic mass is 9.93. The lowest BCUT2D eigenvalue weighted by Crippen LogP contribution is -2.37. The number of rotatable bonds is 3. The Balaban J connectivity index is 1.83. The molecular formula is C19H17ClF3NO. The molecule has 1 fully saturated rings. The van der Waals surface area contributed by atoms with E-state index in [2.05, 4.69) is 5.32 Å². The third-order valence-corrected chi connectivity index (χ3v) is 4.96. The summed E-state index contributed by atoms with van der Waals surface area (Å²) in [5.41, 5.74) is -0.337. The fraction of sp³-hybridized carbons (Fsp3) is 0.316. The van der Waals surface area contributed by atoms with Crippen molar-refractivity contribution in [2.24, 2.45) is 0 Å². The minimum atomic E-state index is -4.56. The predicted octanol–water partition coefficient (Wildman–Crippen LogP) is 5.42. The van der Waals surface area contributed by atoms with Gasteiger partial charge < -0.3 is 5.32 Å². The summed E-state index contributed by atoms with van der Waals surface area (Å²) in [4.78, 5) is 12.5. The average Bonchev–Trinajstić information content (AvgIpc) is 3.02. The molecule has 0 spiro atoms. The van der Waals surface area contributed by atoms with Gasteiger partial charge in [-0.25, -0.2) is 0 Å². The highest BCUT2D eigenvalue weighted by Crippen LogP contribution is 2.38. The number of carbonyl (C=O) groups excluding carboxylic acids is 1. The molecule has 1 N–H and O–H groups in total. The van der Waals surface area contributed by atoms with Crippen LogP contribution in [-0.4, -0.2) is 11.9 Å². The van der Waals surface area contributed by atoms with Gasteiger partial charge in [-0.15, -0.1) is 0 Å². The number of amides is 1. The zero-order valence-corrected chi connectivity index (χ0v) is 14.1. The van der Waals surface area contributed by atoms with Gasteiger partial charge in [0.2, 0.25) is 0 Å². The molecule has 2 aromatic carbocycles. The van der Waals surface area contributed by atoms with Crippen LogP contribution in [0.4, 0.5) is 13.2 Å². The largest absolute Gasteiger partial charge is 0.417 e. The molecule has 0 unspecified atom stereocenters. The van der Waals surface area contributed by atoms with Gasteiger partial charge in [-0.1, -0.05) is 48.4 Å². The molecule has 0 aliphatic heterocycles. The third-order valence-electron chi connectivity index (χ3n) is 4.61. The Bertz CT molecular complexity index is 775. The van der Waals surface area contributed by atoms with Crippen LogP contribution in [0.3, 0.4) is 0 Å². The summed E-state index contributed by atoms with van der Waals surface area (Å²) in [6.07, 6.45) is -2.11. The molecule has 25 heavy (non-hydrogen) atoms. The quantitative estimate of drug-likeness (QED) is 0.770. The van der Waals surface area contributed by atoms with Crippen molar-refractivity contribution in [3.8, 4) is 0 Å². The average molecular weight is 368 g/mol. The molecule has 0 radical (unpaired) electrons. The van der Waals surface area contributed by atoms with Gasteiger partial charge in [-0.3, -0.25) is 4.79 Å². The molecule has 3 rings (SSSR count). The minimum Gasteiger partial charge on any atom is -0.349 e. The molecule has 132 valence electrons. The lowest BCUT2D eigenvalue weighted by molar-refractivity contribution is -0.137. The monoisotopic (exact) mass is 367 g/mol. The number of halogens is 4. The van der Waals surface area contributed by atoms with Crippen molar-refractivity contribution in [2.75, 3.05) is 0 Å². The van der Waals surface area contributed by atoms with E-state index in [-0.39, 0.29) is 17.5 Å². The van der Waals surface area contributed by atoms with Crippen molar-refractivity contribution in [3.63, 3.8) is 0 Å². The lowest BCUT2D eigenvalue weighted by Gasteiger charge is -2.23. The SMILES string of the molecule is O=C(N[C@@H]1CCC[C@@H]1c1ccccc1Cl)c1ccccc1C(F)(F)F. The van der Waals surface area contributed by atoms with Crippen LogP contribution in [0.2, 0.25) is 5.02 Å². The number of alkyl halides is 3. The molecule has 1 amide bonds. The molecule has 0 saturated heterocycles. The standard InChI is InChI=1S/C19H17ClF3NO/c20-16-10-4-2-6-12(16)13-8-5-11-17(13)24-18(25)14-7-1-3-9-15(14)19(21,22)23/h1-4,6-7,9-10,13,17H,5,8,11H2,(H,24,25)/t13-,17-/m1/s1. The molecule has 0 bridgehead atoms. The maximum Gasteiger partial charge on any atom is 0.417 e. The van der Waals surface area contributed by atoms with E-state index in [1.807, 2.05) is 18.2 Å². The van der Waals surface area contributed by atoms with Gasteiger partial charge in [0, 0.05) is 17.0 Å². The highest BCUT2D eigenvalue weighted by atomic mass is 35.5. The van der Waals surface area contributed by atoms with Crippen molar-refractivity contribution in [1.29, 1.82) is 0 Å². The zero-order valence-electron chi connectivity index (χ0n) is 13.3. The smallest absolute Gasteiger partial charge is 0.349 e. The van der Waals surface area contributed by atoms with E-state index in [0.717, 1.165) is 30.9 Å². The maximum absolute atomic E-state index is 13.1. The van der Waals surface area contributed by atoms with Crippen molar-refractivity contribution in [3.05, 3.63) is 70.2 Å². The van der Waals surface area contributed by atoms with Gasteiger partial charge in [0.15, 0.2) is 0 Å². The Morgan fingerprint density at radius 1 is 1.04 bits per heavy atom. The van der Waals surface area contributed by atoms with E-state index in [0.29, 0.717) is 5.02 Å². The van der Waals surface area contributed by atoms with Gasteiger partial charge in [0.1, 0.15) is 0 Å². The normalized spacial score (nSPS) is 20.5. The summed E-state index contributed by atoms with van der Waals surface area (Å²) in [6.45, 7) is 0. The third kappa shape index (κ3) is 3.82. The van der Waals surface area contributed by atoms with Crippen molar-refractivity contribution in [1.82, 2.24) is 5.32 Å². The molecule has 1 saturated carbocycles. The van der Waals surface area contributed by atoms with Crippen LogP contribution in [0.5, 0.6) is 0 Å². The topological polar surface area (TPSA) is 29.1 Å². The molecule has 1 aliphatic carbocycles. The molecule has 2 nitrogen and oxygen atoms in total. The van der Waals surface area contributed by atoms with Crippen LogP contribution in [-0.2, 0) is 6.18 Å². The zero-order chi connectivity index (χ0) is 18.0. The predicted molar refractivity (Wildman–Crippen MR) is 90.7 cm³/mol.